The van der Waals surface area contributed by atoms with Crippen LogP contribution in [0.25, 0.3) is 33.7 Å². The van der Waals surface area contributed by atoms with Crippen molar-refractivity contribution < 1.29 is 4.42 Å². The van der Waals surface area contributed by atoms with Gasteiger partial charge in [-0.2, -0.15) is 0 Å². The summed E-state index contributed by atoms with van der Waals surface area (Å²) in [6.45, 7) is 0. The summed E-state index contributed by atoms with van der Waals surface area (Å²) in [5, 5.41) is 0.634. The highest BCUT2D eigenvalue weighted by Gasteiger charge is 2.10. The Bertz CT molecular complexity index is 995. The Morgan fingerprint density at radius 3 is 2.39 bits per heavy atom. The van der Waals surface area contributed by atoms with Crippen molar-refractivity contribution in [3.05, 3.63) is 76.2 Å². The molecule has 4 heteroatoms. The van der Waals surface area contributed by atoms with Gasteiger partial charge in [0, 0.05) is 10.0 Å². The predicted molar refractivity (Wildman–Crippen MR) is 97.6 cm³/mol. The topological polar surface area (TPSA) is 26.0 Å². The molecule has 23 heavy (non-hydrogen) atoms. The molecule has 0 bridgehead atoms. The van der Waals surface area contributed by atoms with E-state index in [0.717, 1.165) is 32.3 Å². The molecule has 0 amide bonds. The second-order valence-electron chi connectivity index (χ2n) is 5.20. The normalized spacial score (nSPS) is 11.0. The van der Waals surface area contributed by atoms with Crippen LogP contribution in [-0.2, 0) is 0 Å². The van der Waals surface area contributed by atoms with Crippen molar-refractivity contribution in [3.63, 3.8) is 0 Å². The highest BCUT2D eigenvalue weighted by atomic mass is 79.9. The summed E-state index contributed by atoms with van der Waals surface area (Å²) in [4.78, 5) is 4.60. The molecule has 0 spiro atoms. The number of halogens is 2. The molecule has 1 aromatic heterocycles. The van der Waals surface area contributed by atoms with Crippen molar-refractivity contribution in [2.45, 2.75) is 0 Å². The van der Waals surface area contributed by atoms with Crippen molar-refractivity contribution in [3.8, 4) is 22.6 Å². The summed E-state index contributed by atoms with van der Waals surface area (Å²) in [6.07, 6.45) is 0. The quantitative estimate of drug-likeness (QED) is 0.390. The first-order chi connectivity index (χ1) is 11.2. The zero-order valence-electron chi connectivity index (χ0n) is 12.0. The predicted octanol–water partition coefficient (Wildman–Crippen LogP) is 6.58. The number of benzene rings is 3. The minimum Gasteiger partial charge on any atom is -0.436 e. The summed E-state index contributed by atoms with van der Waals surface area (Å²) in [5.74, 6) is 0.569. The molecule has 0 atom stereocenters. The third-order valence-corrected chi connectivity index (χ3v) is 4.89. The highest BCUT2D eigenvalue weighted by Crippen LogP contribution is 2.31. The van der Waals surface area contributed by atoms with Crippen LogP contribution in [0.3, 0.4) is 0 Å². The molecule has 112 valence electrons. The van der Waals surface area contributed by atoms with E-state index in [2.05, 4.69) is 33.0 Å². The van der Waals surface area contributed by atoms with Crippen LogP contribution < -0.4 is 0 Å². The number of hydrogen-bond acceptors (Lipinski definition) is 2. The molecule has 0 aliphatic rings. The third-order valence-electron chi connectivity index (χ3n) is 3.66. The van der Waals surface area contributed by atoms with Crippen LogP contribution in [0.4, 0.5) is 0 Å². The average Bonchev–Trinajstić information content (AvgIpc) is 3.01. The van der Waals surface area contributed by atoms with Crippen LogP contribution in [0.15, 0.2) is 75.6 Å². The lowest BCUT2D eigenvalue weighted by atomic mass is 10.1. The number of fused-ring (bicyclic) bond motifs is 1. The first-order valence-electron chi connectivity index (χ1n) is 7.12. The van der Waals surface area contributed by atoms with Crippen molar-refractivity contribution in [2.75, 3.05) is 0 Å². The summed E-state index contributed by atoms with van der Waals surface area (Å²) in [5.41, 5.74) is 4.73. The Labute approximate surface area is 146 Å². The van der Waals surface area contributed by atoms with E-state index in [9.17, 15) is 0 Å². The Balaban J connectivity index is 1.80. The molecular formula is C19H11BrClNO. The van der Waals surface area contributed by atoms with Gasteiger partial charge in [-0.15, -0.1) is 0 Å². The van der Waals surface area contributed by atoms with E-state index in [4.69, 9.17) is 16.0 Å². The number of aromatic nitrogens is 1. The fourth-order valence-electron chi connectivity index (χ4n) is 2.49. The van der Waals surface area contributed by atoms with Crippen molar-refractivity contribution in [2.24, 2.45) is 0 Å². The van der Waals surface area contributed by atoms with E-state index in [1.165, 1.54) is 0 Å². The maximum Gasteiger partial charge on any atom is 0.227 e. The molecule has 0 N–H and O–H groups in total. The maximum atomic E-state index is 6.15. The van der Waals surface area contributed by atoms with Crippen molar-refractivity contribution in [1.29, 1.82) is 0 Å². The molecule has 3 aromatic carbocycles. The van der Waals surface area contributed by atoms with Gasteiger partial charge in [0.1, 0.15) is 5.52 Å². The van der Waals surface area contributed by atoms with E-state index >= 15 is 0 Å². The molecule has 4 rings (SSSR count). The molecule has 0 unspecified atom stereocenters. The Morgan fingerprint density at radius 1 is 0.826 bits per heavy atom. The van der Waals surface area contributed by atoms with Gasteiger partial charge in [-0.25, -0.2) is 4.98 Å². The molecule has 2 nitrogen and oxygen atoms in total. The van der Waals surface area contributed by atoms with E-state index in [1.807, 2.05) is 54.6 Å². The van der Waals surface area contributed by atoms with Gasteiger partial charge in [-0.1, -0.05) is 48.0 Å². The zero-order valence-corrected chi connectivity index (χ0v) is 14.3. The minimum atomic E-state index is 0.569. The van der Waals surface area contributed by atoms with Gasteiger partial charge >= 0.3 is 0 Å². The molecule has 0 radical (unpaired) electrons. The monoisotopic (exact) mass is 383 g/mol. The average molecular weight is 385 g/mol. The second-order valence-corrected chi connectivity index (χ2v) is 6.46. The standard InChI is InChI=1S/C19H11BrClNO/c20-15-8-6-14(10-16(15)21)19-22-17-11-13(7-9-18(17)23-19)12-4-2-1-3-5-12/h1-11H. The van der Waals surface area contributed by atoms with Crippen molar-refractivity contribution in [1.82, 2.24) is 4.98 Å². The van der Waals surface area contributed by atoms with E-state index in [0.29, 0.717) is 10.9 Å². The molecule has 0 saturated heterocycles. The first-order valence-corrected chi connectivity index (χ1v) is 8.29. The van der Waals surface area contributed by atoms with Crippen LogP contribution in [-0.4, -0.2) is 4.98 Å². The zero-order chi connectivity index (χ0) is 15.8. The molecule has 4 aromatic rings. The molecule has 1 heterocycles. The van der Waals surface area contributed by atoms with Crippen LogP contribution in [0.1, 0.15) is 0 Å². The Hall–Kier alpha value is -2.10. The summed E-state index contributed by atoms with van der Waals surface area (Å²) >= 11 is 9.54. The van der Waals surface area contributed by atoms with Gasteiger partial charge < -0.3 is 4.42 Å². The summed E-state index contributed by atoms with van der Waals surface area (Å²) in [7, 11) is 0. The second kappa shape index (κ2) is 5.84. The highest BCUT2D eigenvalue weighted by molar-refractivity contribution is 9.10. The first kappa shape index (κ1) is 14.5. The lowest BCUT2D eigenvalue weighted by Gasteiger charge is -1.99. The van der Waals surface area contributed by atoms with E-state index in [1.54, 1.807) is 0 Å². The fraction of sp³-hybridized carbons (Fsp3) is 0. The number of rotatable bonds is 2. The lowest BCUT2D eigenvalue weighted by molar-refractivity contribution is 0.620. The van der Waals surface area contributed by atoms with Crippen LogP contribution in [0.2, 0.25) is 5.02 Å². The van der Waals surface area contributed by atoms with Crippen molar-refractivity contribution >= 4 is 38.6 Å². The van der Waals surface area contributed by atoms with Gasteiger partial charge in [-0.05, 0) is 57.4 Å². The Kier molecular flexibility index (Phi) is 3.68. The summed E-state index contributed by atoms with van der Waals surface area (Å²) < 4.78 is 6.71. The van der Waals surface area contributed by atoms with Crippen LogP contribution >= 0.6 is 27.5 Å². The molecule has 0 aliphatic heterocycles. The molecule has 0 saturated carbocycles. The van der Waals surface area contributed by atoms with Gasteiger partial charge in [0.15, 0.2) is 5.58 Å². The van der Waals surface area contributed by atoms with E-state index in [-0.39, 0.29) is 0 Å². The Morgan fingerprint density at radius 2 is 1.61 bits per heavy atom. The van der Waals surface area contributed by atoms with Crippen LogP contribution in [0.5, 0.6) is 0 Å². The number of hydrogen-bond donors (Lipinski definition) is 0. The fourth-order valence-corrected chi connectivity index (χ4v) is 2.92. The van der Waals surface area contributed by atoms with Gasteiger partial charge in [0.05, 0.1) is 5.02 Å². The minimum absolute atomic E-state index is 0.569. The smallest absolute Gasteiger partial charge is 0.227 e. The SMILES string of the molecule is Clc1cc(-c2nc3cc(-c4ccccc4)ccc3o2)ccc1Br. The van der Waals surface area contributed by atoms with E-state index < -0.39 is 0 Å². The van der Waals surface area contributed by atoms with Gasteiger partial charge in [-0.3, -0.25) is 0 Å². The van der Waals surface area contributed by atoms with Crippen LogP contribution in [0, 0.1) is 0 Å². The summed E-state index contributed by atoms with van der Waals surface area (Å²) in [6, 6.07) is 21.9. The molecule has 0 fully saturated rings. The molecule has 0 aliphatic carbocycles. The largest absolute Gasteiger partial charge is 0.436 e. The number of nitrogens with zero attached hydrogens (tertiary/aromatic N) is 1. The van der Waals surface area contributed by atoms with Gasteiger partial charge in [0.25, 0.3) is 0 Å². The maximum absolute atomic E-state index is 6.15. The van der Waals surface area contributed by atoms with Gasteiger partial charge in [0.2, 0.25) is 5.89 Å². The third kappa shape index (κ3) is 2.78. The number of oxazole rings is 1. The lowest BCUT2D eigenvalue weighted by Crippen LogP contribution is -1.79. The molecular weight excluding hydrogens is 374 g/mol.